The molecule has 2 aromatic carbocycles. The highest BCUT2D eigenvalue weighted by Gasteiger charge is 2.51. The van der Waals surface area contributed by atoms with Crippen molar-refractivity contribution in [3.8, 4) is 0 Å². The third-order valence-electron chi connectivity index (χ3n) is 6.67. The summed E-state index contributed by atoms with van der Waals surface area (Å²) >= 11 is 0. The third-order valence-corrected chi connectivity index (χ3v) is 6.67. The molecule has 2 N–H and O–H groups in total. The van der Waals surface area contributed by atoms with Crippen molar-refractivity contribution >= 4 is 0 Å². The van der Waals surface area contributed by atoms with Gasteiger partial charge in [0.15, 0.2) is 0 Å². The van der Waals surface area contributed by atoms with Crippen molar-refractivity contribution in [3.63, 3.8) is 0 Å². The van der Waals surface area contributed by atoms with E-state index < -0.39 is 11.2 Å². The zero-order chi connectivity index (χ0) is 24.3. The first kappa shape index (κ1) is 24.5. The van der Waals surface area contributed by atoms with Crippen LogP contribution in [-0.2, 0) is 11.2 Å². The van der Waals surface area contributed by atoms with E-state index in [9.17, 15) is 10.2 Å². The first-order valence-electron chi connectivity index (χ1n) is 11.6. The highest BCUT2D eigenvalue weighted by molar-refractivity contribution is 5.57. The Balaban J connectivity index is 2.43. The lowest BCUT2D eigenvalue weighted by atomic mass is 9.59. The average Bonchev–Trinajstić information content (AvgIpc) is 2.61. The van der Waals surface area contributed by atoms with Crippen molar-refractivity contribution in [1.82, 2.24) is 0 Å². The summed E-state index contributed by atoms with van der Waals surface area (Å²) in [6.45, 7) is 20.9. The van der Waals surface area contributed by atoms with Crippen LogP contribution >= 0.6 is 0 Å². The molecule has 0 unspecified atom stereocenters. The molecule has 1 aliphatic carbocycles. The Morgan fingerprint density at radius 2 is 1.03 bits per heavy atom. The van der Waals surface area contributed by atoms with E-state index in [1.165, 1.54) is 5.56 Å². The number of hydrogen-bond acceptors (Lipinski definition) is 2. The van der Waals surface area contributed by atoms with Crippen LogP contribution in [0.15, 0.2) is 59.7 Å². The van der Waals surface area contributed by atoms with E-state index >= 15 is 0 Å². The van der Waals surface area contributed by atoms with Gasteiger partial charge in [0, 0.05) is 0 Å². The minimum atomic E-state index is -1.30. The highest BCUT2D eigenvalue weighted by atomic mass is 16.3. The van der Waals surface area contributed by atoms with E-state index in [0.29, 0.717) is 0 Å². The molecule has 3 rings (SSSR count). The number of aliphatic hydroxyl groups is 2. The summed E-state index contributed by atoms with van der Waals surface area (Å²) in [5, 5.41) is 24.8. The van der Waals surface area contributed by atoms with Gasteiger partial charge in [0.1, 0.15) is 11.2 Å². The van der Waals surface area contributed by atoms with Gasteiger partial charge in [-0.1, -0.05) is 89.1 Å². The number of benzene rings is 2. The largest absolute Gasteiger partial charge is 0.377 e. The Morgan fingerprint density at radius 3 is 1.41 bits per heavy atom. The van der Waals surface area contributed by atoms with Gasteiger partial charge in [0.05, 0.1) is 0 Å². The molecule has 2 aromatic rings. The summed E-state index contributed by atoms with van der Waals surface area (Å²) in [5.41, 5.74) is 4.48. The lowest BCUT2D eigenvalue weighted by Gasteiger charge is -2.49. The fourth-order valence-corrected chi connectivity index (χ4v) is 5.42. The molecule has 0 radical (unpaired) electrons. The van der Waals surface area contributed by atoms with Crippen LogP contribution < -0.4 is 0 Å². The normalized spacial score (nSPS) is 24.2. The monoisotopic (exact) mass is 432 g/mol. The highest BCUT2D eigenvalue weighted by Crippen LogP contribution is 2.55. The van der Waals surface area contributed by atoms with Gasteiger partial charge < -0.3 is 10.2 Å². The summed E-state index contributed by atoms with van der Waals surface area (Å²) in [7, 11) is 0. The van der Waals surface area contributed by atoms with Crippen LogP contribution in [0.25, 0.3) is 0 Å². The van der Waals surface area contributed by atoms with Crippen LogP contribution in [0.5, 0.6) is 0 Å². The second kappa shape index (κ2) is 7.71. The standard InChI is InChI=1S/C30H40O2/c1-19-11-13-23(14-12-19)30(32)24(27(5,6)7)17-29(31,18-25(30)28(8,9)10)26-21(3)15-20(2)16-22(26)4/h11-18,31-32H,1-10H3. The van der Waals surface area contributed by atoms with Gasteiger partial charge in [-0.25, -0.2) is 0 Å². The van der Waals surface area contributed by atoms with E-state index in [2.05, 4.69) is 81.4 Å². The summed E-state index contributed by atoms with van der Waals surface area (Å²) in [4.78, 5) is 0. The van der Waals surface area contributed by atoms with Crippen molar-refractivity contribution in [2.24, 2.45) is 10.8 Å². The minimum absolute atomic E-state index is 0.370. The SMILES string of the molecule is Cc1ccc(C2(O)C(C(C)(C)C)=CC(O)(c3c(C)cc(C)cc3C)C=C2C(C)(C)C)cc1. The quantitative estimate of drug-likeness (QED) is 0.504. The summed E-state index contributed by atoms with van der Waals surface area (Å²) in [6.07, 6.45) is 3.82. The topological polar surface area (TPSA) is 40.5 Å². The van der Waals surface area contributed by atoms with Gasteiger partial charge in [-0.15, -0.1) is 0 Å². The predicted molar refractivity (Wildman–Crippen MR) is 135 cm³/mol. The number of aryl methyl sites for hydroxylation is 4. The van der Waals surface area contributed by atoms with Crippen molar-refractivity contribution in [1.29, 1.82) is 0 Å². The molecule has 1 aliphatic rings. The summed E-state index contributed by atoms with van der Waals surface area (Å²) in [5.74, 6) is 0. The Kier molecular flexibility index (Phi) is 5.90. The van der Waals surface area contributed by atoms with E-state index in [1.807, 2.05) is 36.4 Å². The molecule has 0 aromatic heterocycles. The fraction of sp³-hybridized carbons (Fsp3) is 0.467. The van der Waals surface area contributed by atoms with Crippen molar-refractivity contribution < 1.29 is 10.2 Å². The second-order valence-corrected chi connectivity index (χ2v) is 11.8. The van der Waals surface area contributed by atoms with Crippen LogP contribution in [0.2, 0.25) is 0 Å². The molecule has 32 heavy (non-hydrogen) atoms. The molecule has 0 atom stereocenters. The Morgan fingerprint density at radius 1 is 0.625 bits per heavy atom. The molecule has 0 amide bonds. The van der Waals surface area contributed by atoms with Crippen molar-refractivity contribution in [2.45, 2.75) is 80.4 Å². The lowest BCUT2D eigenvalue weighted by molar-refractivity contribution is 0.0494. The molecule has 172 valence electrons. The molecule has 0 fully saturated rings. The molecule has 0 saturated carbocycles. The molecule has 2 nitrogen and oxygen atoms in total. The van der Waals surface area contributed by atoms with E-state index in [1.54, 1.807) is 0 Å². The molecule has 0 heterocycles. The first-order valence-corrected chi connectivity index (χ1v) is 11.6. The van der Waals surface area contributed by atoms with Gasteiger partial charge in [0.25, 0.3) is 0 Å². The first-order chi connectivity index (χ1) is 14.5. The summed E-state index contributed by atoms with van der Waals surface area (Å²) in [6, 6.07) is 12.4. The Bertz CT molecular complexity index is 1030. The Labute approximate surface area is 194 Å². The fourth-order valence-electron chi connectivity index (χ4n) is 5.42. The van der Waals surface area contributed by atoms with Gasteiger partial charge in [-0.2, -0.15) is 0 Å². The van der Waals surface area contributed by atoms with Crippen LogP contribution in [0.4, 0.5) is 0 Å². The summed E-state index contributed by atoms with van der Waals surface area (Å²) < 4.78 is 0. The zero-order valence-electron chi connectivity index (χ0n) is 21.5. The molecular formula is C30H40O2. The predicted octanol–water partition coefficient (Wildman–Crippen LogP) is 6.95. The smallest absolute Gasteiger partial charge is 0.133 e. The second-order valence-electron chi connectivity index (χ2n) is 11.8. The molecule has 0 saturated heterocycles. The van der Waals surface area contributed by atoms with Gasteiger partial charge in [-0.3, -0.25) is 0 Å². The maximum Gasteiger partial charge on any atom is 0.133 e. The Hall–Kier alpha value is -2.16. The van der Waals surface area contributed by atoms with Gasteiger partial charge >= 0.3 is 0 Å². The molecule has 0 bridgehead atoms. The van der Waals surface area contributed by atoms with Crippen LogP contribution in [0.3, 0.4) is 0 Å². The minimum Gasteiger partial charge on any atom is -0.377 e. The van der Waals surface area contributed by atoms with E-state index in [-0.39, 0.29) is 10.8 Å². The van der Waals surface area contributed by atoms with Crippen molar-refractivity contribution in [2.75, 3.05) is 0 Å². The molecule has 0 spiro atoms. The molecule has 0 aliphatic heterocycles. The lowest BCUT2D eigenvalue weighted by Crippen LogP contribution is -2.46. The maximum absolute atomic E-state index is 12.5. The molecule has 2 heteroatoms. The number of rotatable bonds is 2. The molecular weight excluding hydrogens is 392 g/mol. The van der Waals surface area contributed by atoms with Crippen LogP contribution in [-0.4, -0.2) is 10.2 Å². The third kappa shape index (κ3) is 4.11. The zero-order valence-corrected chi connectivity index (χ0v) is 21.5. The van der Waals surface area contributed by atoms with Crippen LogP contribution in [0.1, 0.15) is 74.9 Å². The van der Waals surface area contributed by atoms with Crippen LogP contribution in [0, 0.1) is 38.5 Å². The maximum atomic E-state index is 12.5. The van der Waals surface area contributed by atoms with Crippen molar-refractivity contribution in [3.05, 3.63) is 93.1 Å². The average molecular weight is 433 g/mol. The van der Waals surface area contributed by atoms with Gasteiger partial charge in [0.2, 0.25) is 0 Å². The van der Waals surface area contributed by atoms with E-state index in [0.717, 1.165) is 39.0 Å². The van der Waals surface area contributed by atoms with Gasteiger partial charge in [-0.05, 0) is 84.1 Å². The van der Waals surface area contributed by atoms with E-state index in [4.69, 9.17) is 0 Å². The number of hydrogen-bond donors (Lipinski definition) is 2.